The smallest absolute Gasteiger partial charge is 0.307 e. The Morgan fingerprint density at radius 3 is 2.62 bits per heavy atom. The predicted molar refractivity (Wildman–Crippen MR) is 101 cm³/mol. The van der Waals surface area contributed by atoms with Crippen molar-refractivity contribution in [1.82, 2.24) is 0 Å². The Kier molecular flexibility index (Phi) is 7.04. The van der Waals surface area contributed by atoms with Crippen LogP contribution in [-0.4, -0.2) is 29.9 Å². The van der Waals surface area contributed by atoms with Crippen molar-refractivity contribution in [2.75, 3.05) is 6.61 Å². The van der Waals surface area contributed by atoms with Crippen LogP contribution in [0.15, 0.2) is 54.6 Å². The second-order valence-corrected chi connectivity index (χ2v) is 7.13. The van der Waals surface area contributed by atoms with Gasteiger partial charge in [-0.1, -0.05) is 54.6 Å². The number of rotatable bonds is 10. The van der Waals surface area contributed by atoms with E-state index in [2.05, 4.69) is 18.2 Å². The van der Waals surface area contributed by atoms with Crippen molar-refractivity contribution in [3.63, 3.8) is 0 Å². The first-order valence-corrected chi connectivity index (χ1v) is 9.54. The summed E-state index contributed by atoms with van der Waals surface area (Å²) < 4.78 is 12.0. The van der Waals surface area contributed by atoms with Crippen LogP contribution < -0.4 is 0 Å². The lowest BCUT2D eigenvalue weighted by Gasteiger charge is -2.27. The lowest BCUT2D eigenvalue weighted by Crippen LogP contribution is -2.27. The molecule has 1 aromatic carbocycles. The number of hydrogen-bond acceptors (Lipinski definition) is 3. The van der Waals surface area contributed by atoms with Gasteiger partial charge < -0.3 is 14.6 Å². The van der Waals surface area contributed by atoms with Gasteiger partial charge in [0, 0.05) is 6.61 Å². The normalized spacial score (nSPS) is 27.7. The number of carbonyl (C=O) groups is 1. The van der Waals surface area contributed by atoms with E-state index in [-0.39, 0.29) is 6.42 Å². The number of aliphatic carboxylic acids is 1. The van der Waals surface area contributed by atoms with Gasteiger partial charge in [-0.3, -0.25) is 4.79 Å². The summed E-state index contributed by atoms with van der Waals surface area (Å²) in [6.45, 7) is 1.44. The Bertz CT molecular complexity index is 622. The van der Waals surface area contributed by atoms with Crippen molar-refractivity contribution in [2.24, 2.45) is 11.8 Å². The van der Waals surface area contributed by atoms with Gasteiger partial charge in [0.1, 0.15) is 0 Å². The van der Waals surface area contributed by atoms with E-state index < -0.39 is 5.97 Å². The summed E-state index contributed by atoms with van der Waals surface area (Å²) in [5.41, 5.74) is 1.21. The fraction of sp³-hybridized carbons (Fsp3) is 0.500. The number of ether oxygens (including phenoxy) is 2. The van der Waals surface area contributed by atoms with Gasteiger partial charge in [0.05, 0.1) is 25.2 Å². The van der Waals surface area contributed by atoms with E-state index in [4.69, 9.17) is 14.6 Å². The van der Waals surface area contributed by atoms with Crippen LogP contribution in [-0.2, 0) is 20.9 Å². The Morgan fingerprint density at radius 1 is 1.12 bits per heavy atom. The third-order valence-electron chi connectivity index (χ3n) is 5.38. The molecule has 1 N–H and O–H groups in total. The molecule has 26 heavy (non-hydrogen) atoms. The van der Waals surface area contributed by atoms with E-state index in [1.165, 1.54) is 18.4 Å². The zero-order valence-corrected chi connectivity index (χ0v) is 15.1. The van der Waals surface area contributed by atoms with E-state index in [0.29, 0.717) is 30.7 Å². The molecular formula is C22H28O4. The highest BCUT2D eigenvalue weighted by Gasteiger charge is 2.47. The zero-order valence-electron chi connectivity index (χ0n) is 15.1. The second-order valence-electron chi connectivity index (χ2n) is 7.13. The monoisotopic (exact) mass is 356 g/mol. The van der Waals surface area contributed by atoms with Crippen LogP contribution in [0.5, 0.6) is 0 Å². The highest BCUT2D eigenvalue weighted by Crippen LogP contribution is 2.46. The number of fused-ring (bicyclic) bond motifs is 2. The molecule has 0 unspecified atom stereocenters. The van der Waals surface area contributed by atoms with Gasteiger partial charge in [0.2, 0.25) is 0 Å². The highest BCUT2D eigenvalue weighted by molar-refractivity contribution is 5.68. The quantitative estimate of drug-likeness (QED) is 0.500. The molecule has 2 aliphatic heterocycles. The van der Waals surface area contributed by atoms with E-state index in [1.807, 2.05) is 30.4 Å². The number of benzene rings is 1. The van der Waals surface area contributed by atoms with Crippen molar-refractivity contribution in [3.05, 3.63) is 60.2 Å². The summed E-state index contributed by atoms with van der Waals surface area (Å²) in [7, 11) is 0. The summed E-state index contributed by atoms with van der Waals surface area (Å²) in [4.78, 5) is 10.5. The predicted octanol–water partition coefficient (Wildman–Crippen LogP) is 4.36. The van der Waals surface area contributed by atoms with Crippen LogP contribution >= 0.6 is 0 Å². The summed E-state index contributed by atoms with van der Waals surface area (Å²) >= 11 is 0. The molecule has 2 aliphatic rings. The standard InChI is InChI=1S/C22H28O4/c23-22(24)11-7-2-1-6-10-18-19(21-13-12-20(18)26-21)14-15-25-16-17-8-4-3-5-9-17/h1-9,18-21H,10-16H2,(H,23,24)/b6-1-,7-2?/t18-,19+,20-,21+/m0/s1. The third kappa shape index (κ3) is 5.29. The van der Waals surface area contributed by atoms with Crippen LogP contribution in [0.1, 0.15) is 37.7 Å². The number of carboxylic acid groups (broad SMARTS) is 1. The highest BCUT2D eigenvalue weighted by atomic mass is 16.5. The maximum Gasteiger partial charge on any atom is 0.307 e. The van der Waals surface area contributed by atoms with E-state index in [1.54, 1.807) is 6.08 Å². The minimum atomic E-state index is -0.799. The topological polar surface area (TPSA) is 55.8 Å². The van der Waals surface area contributed by atoms with Gasteiger partial charge in [-0.05, 0) is 43.1 Å². The Morgan fingerprint density at radius 2 is 1.85 bits per heavy atom. The Labute approximate surface area is 155 Å². The molecule has 0 aromatic heterocycles. The minimum absolute atomic E-state index is 0.0724. The Hall–Kier alpha value is -1.91. The van der Waals surface area contributed by atoms with Gasteiger partial charge in [-0.2, -0.15) is 0 Å². The summed E-state index contributed by atoms with van der Waals surface area (Å²) in [6.07, 6.45) is 12.8. The molecule has 0 radical (unpaired) electrons. The van der Waals surface area contributed by atoms with E-state index >= 15 is 0 Å². The fourth-order valence-corrected chi connectivity index (χ4v) is 4.14. The van der Waals surface area contributed by atoms with Gasteiger partial charge in [0.25, 0.3) is 0 Å². The van der Waals surface area contributed by atoms with Gasteiger partial charge in [-0.15, -0.1) is 0 Å². The second kappa shape index (κ2) is 9.70. The first-order chi connectivity index (χ1) is 12.7. The SMILES string of the molecule is O=C(O)CC=C/C=C\C[C@H]1[C@@H](CCOCc2ccccc2)[C@H]2CC[C@@H]1O2. The maximum absolute atomic E-state index is 10.5. The molecule has 4 atom stereocenters. The minimum Gasteiger partial charge on any atom is -0.481 e. The van der Waals surface area contributed by atoms with E-state index in [0.717, 1.165) is 19.4 Å². The lowest BCUT2D eigenvalue weighted by molar-refractivity contribution is -0.136. The van der Waals surface area contributed by atoms with Crippen molar-refractivity contribution >= 4 is 5.97 Å². The molecule has 4 nitrogen and oxygen atoms in total. The van der Waals surface area contributed by atoms with Crippen LogP contribution in [0.4, 0.5) is 0 Å². The molecule has 3 rings (SSSR count). The van der Waals surface area contributed by atoms with Crippen molar-refractivity contribution in [2.45, 2.75) is 50.9 Å². The summed E-state index contributed by atoms with van der Waals surface area (Å²) in [5, 5.41) is 8.62. The molecule has 0 spiro atoms. The van der Waals surface area contributed by atoms with Crippen molar-refractivity contribution in [3.8, 4) is 0 Å². The average Bonchev–Trinajstić information content (AvgIpc) is 3.24. The molecule has 2 bridgehead atoms. The van der Waals surface area contributed by atoms with Crippen molar-refractivity contribution < 1.29 is 19.4 Å². The summed E-state index contributed by atoms with van der Waals surface area (Å²) in [5.74, 6) is 0.321. The fourth-order valence-electron chi connectivity index (χ4n) is 4.14. The van der Waals surface area contributed by atoms with Gasteiger partial charge >= 0.3 is 5.97 Å². The molecule has 2 saturated heterocycles. The van der Waals surface area contributed by atoms with Crippen molar-refractivity contribution in [1.29, 1.82) is 0 Å². The van der Waals surface area contributed by atoms with Crippen LogP contribution in [0.2, 0.25) is 0 Å². The average molecular weight is 356 g/mol. The van der Waals surface area contributed by atoms with Crippen LogP contribution in [0, 0.1) is 11.8 Å². The third-order valence-corrected chi connectivity index (χ3v) is 5.38. The molecule has 4 heteroatoms. The molecule has 0 saturated carbocycles. The van der Waals surface area contributed by atoms with Crippen LogP contribution in [0.3, 0.4) is 0 Å². The molecule has 0 aliphatic carbocycles. The first-order valence-electron chi connectivity index (χ1n) is 9.54. The zero-order chi connectivity index (χ0) is 18.2. The van der Waals surface area contributed by atoms with Gasteiger partial charge in [-0.25, -0.2) is 0 Å². The molecular weight excluding hydrogens is 328 g/mol. The molecule has 2 fully saturated rings. The first kappa shape index (κ1) is 18.9. The number of allylic oxidation sites excluding steroid dienone is 3. The molecule has 2 heterocycles. The van der Waals surface area contributed by atoms with Crippen LogP contribution in [0.25, 0.3) is 0 Å². The summed E-state index contributed by atoms with van der Waals surface area (Å²) in [6, 6.07) is 10.3. The molecule has 140 valence electrons. The van der Waals surface area contributed by atoms with Gasteiger partial charge in [0.15, 0.2) is 0 Å². The number of carboxylic acids is 1. The lowest BCUT2D eigenvalue weighted by atomic mass is 9.76. The Balaban J connectivity index is 1.42. The van der Waals surface area contributed by atoms with E-state index in [9.17, 15) is 4.79 Å². The maximum atomic E-state index is 10.5. The number of hydrogen-bond donors (Lipinski definition) is 1. The molecule has 1 aromatic rings. The molecule has 0 amide bonds. The largest absolute Gasteiger partial charge is 0.481 e.